The molecule has 0 spiro atoms. The first-order valence-electron chi connectivity index (χ1n) is 6.06. The number of aromatic nitrogens is 4. The van der Waals surface area contributed by atoms with E-state index < -0.39 is 31.1 Å². The van der Waals surface area contributed by atoms with E-state index in [-0.39, 0.29) is 5.95 Å². The number of imidazole rings is 1. The highest BCUT2D eigenvalue weighted by molar-refractivity contribution is 7.97. The fourth-order valence-corrected chi connectivity index (χ4v) is 2.69. The van der Waals surface area contributed by atoms with Gasteiger partial charge in [-0.25, -0.2) is 9.97 Å². The number of aliphatic hydroxyl groups excluding tert-OH is 3. The first-order chi connectivity index (χ1) is 10.1. The van der Waals surface area contributed by atoms with Gasteiger partial charge in [0.1, 0.15) is 28.9 Å². The summed E-state index contributed by atoms with van der Waals surface area (Å²) in [7, 11) is 0. The van der Waals surface area contributed by atoms with Crippen LogP contribution in [0.2, 0.25) is 0 Å². The molecule has 1 unspecified atom stereocenters. The largest absolute Gasteiger partial charge is 0.394 e. The molecule has 0 aliphatic carbocycles. The highest BCUT2D eigenvalue weighted by atomic mass is 32.2. The maximum atomic E-state index is 10.0. The van der Waals surface area contributed by atoms with Crippen molar-refractivity contribution in [2.24, 2.45) is 5.14 Å². The molecule has 0 saturated carbocycles. The summed E-state index contributed by atoms with van der Waals surface area (Å²) in [6.07, 6.45) is -2.87. The minimum absolute atomic E-state index is 0.00365. The summed E-state index contributed by atoms with van der Waals surface area (Å²) in [6.45, 7) is -0.414. The maximum Gasteiger partial charge on any atom is 0.223 e. The summed E-state index contributed by atoms with van der Waals surface area (Å²) in [4.78, 5) is 12.2. The molecule has 2 aromatic heterocycles. The van der Waals surface area contributed by atoms with Gasteiger partial charge >= 0.3 is 0 Å². The number of fused-ring (bicyclic) bond motifs is 1. The van der Waals surface area contributed by atoms with Crippen LogP contribution < -0.4 is 10.9 Å². The number of nitrogens with zero attached hydrogens (tertiary/aromatic N) is 4. The Morgan fingerprint density at radius 1 is 1.33 bits per heavy atom. The Labute approximate surface area is 122 Å². The molecular weight excluding hydrogens is 300 g/mol. The molecule has 10 nitrogen and oxygen atoms in total. The smallest absolute Gasteiger partial charge is 0.223 e. The number of rotatable bonds is 3. The van der Waals surface area contributed by atoms with Crippen molar-refractivity contribution in [2.45, 2.75) is 29.6 Å². The van der Waals surface area contributed by atoms with Crippen LogP contribution in [0.15, 0.2) is 11.4 Å². The summed E-state index contributed by atoms with van der Waals surface area (Å²) in [5.41, 5.74) is 6.35. The Morgan fingerprint density at radius 3 is 2.71 bits per heavy atom. The van der Waals surface area contributed by atoms with Crippen molar-refractivity contribution in [3.8, 4) is 0 Å². The Hall–Kier alpha value is -1.50. The number of hydrogen-bond donors (Lipinski definition) is 5. The Bertz CT molecular complexity index is 666. The van der Waals surface area contributed by atoms with E-state index in [1.54, 1.807) is 0 Å². The van der Waals surface area contributed by atoms with Gasteiger partial charge in [-0.1, -0.05) is 0 Å². The predicted octanol–water partition coefficient (Wildman–Crippen LogP) is -2.01. The molecule has 4 atom stereocenters. The van der Waals surface area contributed by atoms with Gasteiger partial charge in [-0.05, 0) is 11.9 Å². The molecule has 7 N–H and O–H groups in total. The molecule has 11 heteroatoms. The Kier molecular flexibility index (Phi) is 3.69. The van der Waals surface area contributed by atoms with E-state index in [1.807, 2.05) is 0 Å². The maximum absolute atomic E-state index is 10.0. The van der Waals surface area contributed by atoms with Gasteiger partial charge in [-0.15, -0.1) is 0 Å². The summed E-state index contributed by atoms with van der Waals surface area (Å²) >= 11 is 0.875. The van der Waals surface area contributed by atoms with Gasteiger partial charge in [-0.2, -0.15) is 4.98 Å². The van der Waals surface area contributed by atoms with Gasteiger partial charge in [0.25, 0.3) is 0 Å². The lowest BCUT2D eigenvalue weighted by Crippen LogP contribution is -2.33. The number of nitrogens with two attached hydrogens (primary N) is 2. The molecule has 3 heterocycles. The van der Waals surface area contributed by atoms with Gasteiger partial charge in [0.05, 0.1) is 12.9 Å². The first-order valence-corrected chi connectivity index (χ1v) is 6.94. The molecule has 1 fully saturated rings. The van der Waals surface area contributed by atoms with E-state index in [1.165, 1.54) is 10.9 Å². The predicted molar refractivity (Wildman–Crippen MR) is 72.8 cm³/mol. The lowest BCUT2D eigenvalue weighted by molar-refractivity contribution is -0.0511. The Morgan fingerprint density at radius 2 is 2.10 bits per heavy atom. The quantitative estimate of drug-likeness (QED) is 0.315. The van der Waals surface area contributed by atoms with Crippen molar-refractivity contribution < 1.29 is 20.1 Å². The second-order valence-electron chi connectivity index (χ2n) is 4.56. The van der Waals surface area contributed by atoms with Gasteiger partial charge < -0.3 is 25.8 Å². The molecule has 3 rings (SSSR count). The third kappa shape index (κ3) is 2.23. The molecule has 114 valence electrons. The highest BCUT2D eigenvalue weighted by Crippen LogP contribution is 2.32. The molecule has 0 radical (unpaired) electrons. The molecule has 0 bridgehead atoms. The average Bonchev–Trinajstić information content (AvgIpc) is 3.01. The molecule has 1 saturated heterocycles. The third-order valence-electron chi connectivity index (χ3n) is 3.31. The van der Waals surface area contributed by atoms with Crippen LogP contribution >= 0.6 is 11.9 Å². The van der Waals surface area contributed by atoms with Gasteiger partial charge in [0.2, 0.25) is 5.95 Å². The zero-order valence-corrected chi connectivity index (χ0v) is 11.5. The van der Waals surface area contributed by atoms with E-state index in [2.05, 4.69) is 15.0 Å². The number of ether oxygens (including phenoxy) is 1. The van der Waals surface area contributed by atoms with Gasteiger partial charge in [0, 0.05) is 0 Å². The molecule has 21 heavy (non-hydrogen) atoms. The SMILES string of the molecule is NSc1nc(N)nc2c1ncn2C1O[C@H](CO)[C@@H](O)[C@H]1O. The standard InChI is InChI=1S/C10H14N6O4S/c11-10-14-7-4(8(15-10)21-12)13-2-16(7)9-6(19)5(18)3(1-17)20-9/h2-3,5-6,9,17-19H,1,12H2,(H2,11,14,15)/t3-,5-,6-,9?/m1/s1. The van der Waals surface area contributed by atoms with E-state index in [9.17, 15) is 10.2 Å². The fraction of sp³-hybridized carbons (Fsp3) is 0.500. The number of hydrogen-bond acceptors (Lipinski definition) is 10. The zero-order valence-electron chi connectivity index (χ0n) is 10.7. The zero-order chi connectivity index (χ0) is 15.1. The topological polar surface area (TPSA) is 166 Å². The summed E-state index contributed by atoms with van der Waals surface area (Å²) in [6, 6.07) is 0. The molecule has 1 aliphatic rings. The van der Waals surface area contributed by atoms with Crippen LogP contribution in [0.4, 0.5) is 5.95 Å². The van der Waals surface area contributed by atoms with Crippen LogP contribution in [0.3, 0.4) is 0 Å². The van der Waals surface area contributed by atoms with Crippen LogP contribution in [0, 0.1) is 0 Å². The highest BCUT2D eigenvalue weighted by Gasteiger charge is 2.44. The summed E-state index contributed by atoms with van der Waals surface area (Å²) < 4.78 is 6.86. The number of nitrogen functional groups attached to an aromatic ring is 1. The molecular formula is C10H14N6O4S. The van der Waals surface area contributed by atoms with Crippen LogP contribution in [-0.4, -0.2) is 59.8 Å². The van der Waals surface area contributed by atoms with Crippen molar-refractivity contribution in [1.29, 1.82) is 0 Å². The minimum atomic E-state index is -1.23. The first kappa shape index (κ1) is 14.4. The van der Waals surface area contributed by atoms with Crippen molar-refractivity contribution in [1.82, 2.24) is 19.5 Å². The van der Waals surface area contributed by atoms with Crippen LogP contribution in [0.1, 0.15) is 6.23 Å². The molecule has 2 aromatic rings. The van der Waals surface area contributed by atoms with Crippen molar-refractivity contribution in [3.05, 3.63) is 6.33 Å². The van der Waals surface area contributed by atoms with Crippen LogP contribution in [0.25, 0.3) is 11.2 Å². The third-order valence-corrected chi connectivity index (χ3v) is 3.82. The van der Waals surface area contributed by atoms with E-state index in [0.29, 0.717) is 16.2 Å². The molecule has 1 aliphatic heterocycles. The molecule has 0 aromatic carbocycles. The minimum Gasteiger partial charge on any atom is -0.394 e. The second-order valence-corrected chi connectivity index (χ2v) is 5.18. The fourth-order valence-electron chi connectivity index (χ4n) is 2.28. The lowest BCUT2D eigenvalue weighted by Gasteiger charge is -2.16. The van der Waals surface area contributed by atoms with Gasteiger partial charge in [-0.3, -0.25) is 9.71 Å². The lowest BCUT2D eigenvalue weighted by atomic mass is 10.1. The summed E-state index contributed by atoms with van der Waals surface area (Å²) in [5.74, 6) is 0.00365. The van der Waals surface area contributed by atoms with Gasteiger partial charge in [0.15, 0.2) is 11.9 Å². The number of anilines is 1. The molecule has 0 amide bonds. The van der Waals surface area contributed by atoms with Crippen LogP contribution in [-0.2, 0) is 4.74 Å². The van der Waals surface area contributed by atoms with Crippen molar-refractivity contribution >= 4 is 29.1 Å². The monoisotopic (exact) mass is 314 g/mol. The normalized spacial score (nSPS) is 29.3. The van der Waals surface area contributed by atoms with Crippen molar-refractivity contribution in [2.75, 3.05) is 12.3 Å². The Balaban J connectivity index is 2.07. The van der Waals surface area contributed by atoms with E-state index in [4.69, 9.17) is 20.7 Å². The van der Waals surface area contributed by atoms with Crippen LogP contribution in [0.5, 0.6) is 0 Å². The average molecular weight is 314 g/mol. The second kappa shape index (κ2) is 5.36. The van der Waals surface area contributed by atoms with E-state index >= 15 is 0 Å². The summed E-state index contributed by atoms with van der Waals surface area (Å²) in [5, 5.41) is 34.9. The van der Waals surface area contributed by atoms with E-state index in [0.717, 1.165) is 11.9 Å². The number of aliphatic hydroxyl groups is 3. The van der Waals surface area contributed by atoms with Crippen molar-refractivity contribution in [3.63, 3.8) is 0 Å².